The molecule has 0 fully saturated rings. The van der Waals surface area contributed by atoms with Gasteiger partial charge in [0.1, 0.15) is 6.54 Å². The van der Waals surface area contributed by atoms with E-state index in [4.69, 9.17) is 0 Å². The largest absolute Gasteiger partial charge is 0.390 e. The van der Waals surface area contributed by atoms with Gasteiger partial charge in [-0.15, -0.1) is 0 Å². The highest BCUT2D eigenvalue weighted by Gasteiger charge is 2.15. The summed E-state index contributed by atoms with van der Waals surface area (Å²) in [5.74, 6) is -0.167. The lowest BCUT2D eigenvalue weighted by atomic mass is 10.1. The summed E-state index contributed by atoms with van der Waals surface area (Å²) in [6.45, 7) is 5.67. The van der Waals surface area contributed by atoms with Crippen LogP contribution in [-0.2, 0) is 29.2 Å². The fourth-order valence-electron chi connectivity index (χ4n) is 2.46. The lowest BCUT2D eigenvalue weighted by molar-refractivity contribution is -0.122. The summed E-state index contributed by atoms with van der Waals surface area (Å²) in [7, 11) is 0. The van der Waals surface area contributed by atoms with Crippen LogP contribution in [0.5, 0.6) is 0 Å². The molecule has 0 saturated carbocycles. The van der Waals surface area contributed by atoms with Gasteiger partial charge in [-0.25, -0.2) is 4.98 Å². The summed E-state index contributed by atoms with van der Waals surface area (Å²) >= 11 is 1.23. The molecule has 0 aliphatic rings. The number of hydrogen-bond acceptors (Lipinski definition) is 5. The Kier molecular flexibility index (Phi) is 7.87. The van der Waals surface area contributed by atoms with E-state index < -0.39 is 0 Å². The van der Waals surface area contributed by atoms with Gasteiger partial charge < -0.3 is 20.3 Å². The first-order valence-electron chi connectivity index (χ1n) is 8.89. The Hall–Kier alpha value is -2.32. The van der Waals surface area contributed by atoms with Gasteiger partial charge in [-0.1, -0.05) is 30.8 Å². The number of amides is 2. The van der Waals surface area contributed by atoms with E-state index in [9.17, 15) is 14.7 Å². The van der Waals surface area contributed by atoms with Crippen molar-refractivity contribution in [2.24, 2.45) is 0 Å². The van der Waals surface area contributed by atoms with E-state index in [1.807, 2.05) is 38.1 Å². The predicted octanol–water partition coefficient (Wildman–Crippen LogP) is 2.19. The smallest absolute Gasteiger partial charge is 0.240 e. The van der Waals surface area contributed by atoms with Crippen molar-refractivity contribution in [2.45, 2.75) is 51.5 Å². The van der Waals surface area contributed by atoms with E-state index in [1.165, 1.54) is 23.5 Å². The highest BCUT2D eigenvalue weighted by molar-refractivity contribution is 7.99. The van der Waals surface area contributed by atoms with Crippen molar-refractivity contribution in [1.82, 2.24) is 14.9 Å². The van der Waals surface area contributed by atoms with Crippen LogP contribution in [0.1, 0.15) is 32.0 Å². The van der Waals surface area contributed by atoms with Crippen molar-refractivity contribution < 1.29 is 14.7 Å². The molecule has 1 heterocycles. The van der Waals surface area contributed by atoms with Crippen LogP contribution >= 0.6 is 11.8 Å². The molecule has 2 rings (SSSR count). The summed E-state index contributed by atoms with van der Waals surface area (Å²) in [4.78, 5) is 28.5. The normalized spacial score (nSPS) is 10.9. The Balaban J connectivity index is 1.96. The third-order valence-electron chi connectivity index (χ3n) is 3.79. The molecule has 0 atom stereocenters. The first-order valence-corrected chi connectivity index (χ1v) is 9.87. The number of aliphatic hydroxyl groups excluding tert-OH is 1. The molecule has 0 unspecified atom stereocenters. The highest BCUT2D eigenvalue weighted by atomic mass is 32.2. The molecule has 146 valence electrons. The molecule has 2 amide bonds. The first kappa shape index (κ1) is 21.0. The Morgan fingerprint density at radius 3 is 2.52 bits per heavy atom. The maximum absolute atomic E-state index is 12.2. The monoisotopic (exact) mass is 390 g/mol. The van der Waals surface area contributed by atoms with Crippen molar-refractivity contribution in [3.05, 3.63) is 41.7 Å². The van der Waals surface area contributed by atoms with Gasteiger partial charge >= 0.3 is 0 Å². The summed E-state index contributed by atoms with van der Waals surface area (Å²) in [5, 5.41) is 15.6. The van der Waals surface area contributed by atoms with Crippen LogP contribution in [0.25, 0.3) is 0 Å². The number of aryl methyl sites for hydroxylation is 1. The Morgan fingerprint density at radius 1 is 1.22 bits per heavy atom. The van der Waals surface area contributed by atoms with Gasteiger partial charge in [0.2, 0.25) is 11.8 Å². The van der Waals surface area contributed by atoms with Crippen molar-refractivity contribution in [3.63, 3.8) is 0 Å². The van der Waals surface area contributed by atoms with Crippen LogP contribution in [-0.4, -0.2) is 38.3 Å². The molecule has 0 aliphatic carbocycles. The van der Waals surface area contributed by atoms with Crippen LogP contribution in [0.15, 0.2) is 35.6 Å². The third kappa shape index (κ3) is 6.41. The zero-order valence-electron chi connectivity index (χ0n) is 15.9. The third-order valence-corrected chi connectivity index (χ3v) is 4.78. The van der Waals surface area contributed by atoms with E-state index >= 15 is 0 Å². The standard InChI is InChI=1S/C19H26N4O3S/c1-4-14-5-7-15(8-6-14)22-18(26)12-27-19-20-9-16(11-24)23(19)10-17(25)21-13(2)3/h5-9,13,24H,4,10-12H2,1-3H3,(H,21,25)(H,22,26). The number of rotatable bonds is 9. The molecule has 1 aromatic carbocycles. The minimum atomic E-state index is -0.224. The van der Waals surface area contributed by atoms with Crippen LogP contribution in [0.3, 0.4) is 0 Å². The number of carbonyl (C=O) groups excluding carboxylic acids is 2. The molecule has 1 aromatic heterocycles. The number of benzene rings is 1. The second kappa shape index (κ2) is 10.1. The highest BCUT2D eigenvalue weighted by Crippen LogP contribution is 2.19. The average molecular weight is 391 g/mol. The van der Waals surface area contributed by atoms with E-state index in [2.05, 4.69) is 22.5 Å². The van der Waals surface area contributed by atoms with Crippen molar-refractivity contribution in [1.29, 1.82) is 0 Å². The first-order chi connectivity index (χ1) is 12.9. The van der Waals surface area contributed by atoms with Gasteiger partial charge in [0.25, 0.3) is 0 Å². The van der Waals surface area contributed by atoms with Crippen molar-refractivity contribution in [2.75, 3.05) is 11.1 Å². The van der Waals surface area contributed by atoms with E-state index in [0.717, 1.165) is 12.1 Å². The molecular formula is C19H26N4O3S. The summed E-state index contributed by atoms with van der Waals surface area (Å²) in [6.07, 6.45) is 2.47. The zero-order valence-corrected chi connectivity index (χ0v) is 16.7. The van der Waals surface area contributed by atoms with Crippen molar-refractivity contribution in [3.8, 4) is 0 Å². The Bertz CT molecular complexity index is 772. The SMILES string of the molecule is CCc1ccc(NC(=O)CSc2ncc(CO)n2CC(=O)NC(C)C)cc1. The molecule has 0 saturated heterocycles. The minimum absolute atomic E-state index is 0.0274. The summed E-state index contributed by atoms with van der Waals surface area (Å²) in [5.41, 5.74) is 2.49. The van der Waals surface area contributed by atoms with Gasteiger partial charge in [-0.05, 0) is 38.0 Å². The Morgan fingerprint density at radius 2 is 1.93 bits per heavy atom. The number of nitrogens with one attached hydrogen (secondary N) is 2. The lowest BCUT2D eigenvalue weighted by Crippen LogP contribution is -2.33. The maximum atomic E-state index is 12.2. The van der Waals surface area contributed by atoms with Crippen LogP contribution in [0.4, 0.5) is 5.69 Å². The molecular weight excluding hydrogens is 364 g/mol. The number of carbonyl (C=O) groups is 2. The number of imidazole rings is 1. The van der Waals surface area contributed by atoms with Crippen LogP contribution in [0, 0.1) is 0 Å². The molecule has 7 nitrogen and oxygen atoms in total. The van der Waals surface area contributed by atoms with E-state index in [1.54, 1.807) is 4.57 Å². The number of nitrogens with zero attached hydrogens (tertiary/aromatic N) is 2. The van der Waals surface area contributed by atoms with E-state index in [-0.39, 0.29) is 36.8 Å². The number of thioether (sulfide) groups is 1. The van der Waals surface area contributed by atoms with Gasteiger partial charge in [0.05, 0.1) is 24.3 Å². The second-order valence-electron chi connectivity index (χ2n) is 6.39. The summed E-state index contributed by atoms with van der Waals surface area (Å²) < 4.78 is 1.63. The molecule has 3 N–H and O–H groups in total. The predicted molar refractivity (Wildman–Crippen MR) is 107 cm³/mol. The van der Waals surface area contributed by atoms with E-state index in [0.29, 0.717) is 10.9 Å². The molecule has 0 aliphatic heterocycles. The number of hydrogen-bond donors (Lipinski definition) is 3. The van der Waals surface area contributed by atoms with Crippen LogP contribution in [0.2, 0.25) is 0 Å². The number of aliphatic hydroxyl groups is 1. The topological polar surface area (TPSA) is 96.2 Å². The molecule has 2 aromatic rings. The number of aromatic nitrogens is 2. The van der Waals surface area contributed by atoms with Crippen LogP contribution < -0.4 is 10.6 Å². The molecule has 0 spiro atoms. The molecule has 0 radical (unpaired) electrons. The average Bonchev–Trinajstić information content (AvgIpc) is 3.01. The van der Waals surface area contributed by atoms with Gasteiger partial charge in [0.15, 0.2) is 5.16 Å². The second-order valence-corrected chi connectivity index (χ2v) is 7.33. The molecule has 8 heteroatoms. The van der Waals surface area contributed by atoms with Gasteiger partial charge in [0, 0.05) is 11.7 Å². The zero-order chi connectivity index (χ0) is 19.8. The maximum Gasteiger partial charge on any atom is 0.240 e. The quantitative estimate of drug-likeness (QED) is 0.571. The minimum Gasteiger partial charge on any atom is -0.390 e. The number of anilines is 1. The lowest BCUT2D eigenvalue weighted by Gasteiger charge is -2.13. The van der Waals surface area contributed by atoms with Gasteiger partial charge in [-0.2, -0.15) is 0 Å². The van der Waals surface area contributed by atoms with Gasteiger partial charge in [-0.3, -0.25) is 9.59 Å². The fourth-order valence-corrected chi connectivity index (χ4v) is 3.26. The Labute approximate surface area is 163 Å². The molecule has 27 heavy (non-hydrogen) atoms. The van der Waals surface area contributed by atoms with Crippen molar-refractivity contribution >= 4 is 29.3 Å². The molecule has 0 bridgehead atoms. The summed E-state index contributed by atoms with van der Waals surface area (Å²) in [6, 6.07) is 7.75. The fraction of sp³-hybridized carbons (Fsp3) is 0.421.